The molecule has 3 aromatic rings. The summed E-state index contributed by atoms with van der Waals surface area (Å²) in [7, 11) is 0. The Labute approximate surface area is 158 Å². The van der Waals surface area contributed by atoms with Crippen LogP contribution in [0.1, 0.15) is 5.56 Å². The van der Waals surface area contributed by atoms with Crippen LogP contribution in [0.15, 0.2) is 42.7 Å². The Balaban J connectivity index is 1.35. The van der Waals surface area contributed by atoms with Gasteiger partial charge in [0.1, 0.15) is 5.82 Å². The van der Waals surface area contributed by atoms with Gasteiger partial charge in [-0.05, 0) is 30.3 Å². The maximum absolute atomic E-state index is 12.6. The first-order chi connectivity index (χ1) is 13.4. The second-order valence-electron chi connectivity index (χ2n) is 6.48. The Hall–Kier alpha value is -3.30. The van der Waals surface area contributed by atoms with E-state index in [-0.39, 0.29) is 6.03 Å². The molecule has 1 fully saturated rings. The Bertz CT molecular complexity index is 977. The summed E-state index contributed by atoms with van der Waals surface area (Å²) in [4.78, 5) is 19.9. The monoisotopic (exact) mass is 390 g/mol. The lowest BCUT2D eigenvalue weighted by Gasteiger charge is -2.35. The highest BCUT2D eigenvalue weighted by molar-refractivity contribution is 5.92. The summed E-state index contributed by atoms with van der Waals surface area (Å²) < 4.78 is 37.9. The maximum Gasteiger partial charge on any atom is 0.417 e. The minimum absolute atomic E-state index is 0.223. The van der Waals surface area contributed by atoms with Gasteiger partial charge in [0.15, 0.2) is 0 Å². The number of nitrogens with zero attached hydrogens (tertiary/aromatic N) is 4. The number of H-pyrrole nitrogens is 1. The van der Waals surface area contributed by atoms with Gasteiger partial charge in [-0.2, -0.15) is 18.3 Å². The Morgan fingerprint density at radius 3 is 2.54 bits per heavy atom. The van der Waals surface area contributed by atoms with Gasteiger partial charge in [-0.3, -0.25) is 5.10 Å². The third kappa shape index (κ3) is 3.71. The van der Waals surface area contributed by atoms with Crippen molar-refractivity contribution in [2.45, 2.75) is 6.18 Å². The first kappa shape index (κ1) is 18.1. The SMILES string of the molecule is O=C(Nc1ccc2cn[nH]c2c1)N1CCN(c2ccc(C(F)(F)F)cn2)CC1. The number of nitrogens with one attached hydrogen (secondary N) is 2. The lowest BCUT2D eigenvalue weighted by atomic mass is 10.2. The van der Waals surface area contributed by atoms with Crippen molar-refractivity contribution in [3.05, 3.63) is 48.3 Å². The summed E-state index contributed by atoms with van der Waals surface area (Å²) in [5.74, 6) is 0.470. The summed E-state index contributed by atoms with van der Waals surface area (Å²) in [5, 5.41) is 10.6. The van der Waals surface area contributed by atoms with Crippen molar-refractivity contribution in [3.63, 3.8) is 0 Å². The van der Waals surface area contributed by atoms with E-state index in [1.807, 2.05) is 17.0 Å². The van der Waals surface area contributed by atoms with Crippen molar-refractivity contribution in [1.29, 1.82) is 0 Å². The normalized spacial score (nSPS) is 15.1. The van der Waals surface area contributed by atoms with E-state index in [0.717, 1.165) is 23.2 Å². The molecule has 1 aliphatic rings. The van der Waals surface area contributed by atoms with Gasteiger partial charge in [0.2, 0.25) is 0 Å². The summed E-state index contributed by atoms with van der Waals surface area (Å²) in [6, 6.07) is 7.63. The van der Waals surface area contributed by atoms with Gasteiger partial charge in [-0.15, -0.1) is 0 Å². The zero-order valence-corrected chi connectivity index (χ0v) is 14.7. The molecular formula is C18H17F3N6O. The fourth-order valence-corrected chi connectivity index (χ4v) is 3.10. The van der Waals surface area contributed by atoms with E-state index in [9.17, 15) is 18.0 Å². The van der Waals surface area contributed by atoms with Crippen molar-refractivity contribution >= 4 is 28.4 Å². The second kappa shape index (κ2) is 7.02. The van der Waals surface area contributed by atoms with Crippen LogP contribution in [0.5, 0.6) is 0 Å². The molecule has 3 heterocycles. The molecule has 0 saturated carbocycles. The van der Waals surface area contributed by atoms with Crippen molar-refractivity contribution < 1.29 is 18.0 Å². The van der Waals surface area contributed by atoms with Gasteiger partial charge in [-0.25, -0.2) is 9.78 Å². The number of benzene rings is 1. The van der Waals surface area contributed by atoms with Crippen LogP contribution in [0, 0.1) is 0 Å². The molecule has 0 spiro atoms. The van der Waals surface area contributed by atoms with Crippen LogP contribution in [0.25, 0.3) is 10.9 Å². The van der Waals surface area contributed by atoms with Gasteiger partial charge < -0.3 is 15.1 Å². The van der Waals surface area contributed by atoms with Crippen molar-refractivity contribution in [1.82, 2.24) is 20.1 Å². The lowest BCUT2D eigenvalue weighted by molar-refractivity contribution is -0.137. The molecule has 0 radical (unpaired) electrons. The minimum atomic E-state index is -4.40. The number of fused-ring (bicyclic) bond motifs is 1. The highest BCUT2D eigenvalue weighted by atomic mass is 19.4. The van der Waals surface area contributed by atoms with E-state index in [1.165, 1.54) is 6.07 Å². The van der Waals surface area contributed by atoms with E-state index in [0.29, 0.717) is 37.7 Å². The van der Waals surface area contributed by atoms with E-state index >= 15 is 0 Å². The predicted octanol–water partition coefficient (Wildman–Crippen LogP) is 3.33. The molecule has 2 amide bonds. The largest absolute Gasteiger partial charge is 0.417 e. The number of amides is 2. The molecule has 1 aromatic carbocycles. The Morgan fingerprint density at radius 2 is 1.86 bits per heavy atom. The van der Waals surface area contributed by atoms with E-state index in [1.54, 1.807) is 17.2 Å². The topological polar surface area (TPSA) is 77.2 Å². The van der Waals surface area contributed by atoms with Crippen LogP contribution < -0.4 is 10.2 Å². The predicted molar refractivity (Wildman–Crippen MR) is 98.1 cm³/mol. The molecule has 146 valence electrons. The average Bonchev–Trinajstić information content (AvgIpc) is 3.15. The molecule has 28 heavy (non-hydrogen) atoms. The van der Waals surface area contributed by atoms with Crippen molar-refractivity contribution in [2.75, 3.05) is 36.4 Å². The van der Waals surface area contributed by atoms with Crippen LogP contribution in [0.3, 0.4) is 0 Å². The number of rotatable bonds is 2. The number of aromatic amines is 1. The molecular weight excluding hydrogens is 373 g/mol. The van der Waals surface area contributed by atoms with E-state index < -0.39 is 11.7 Å². The van der Waals surface area contributed by atoms with Gasteiger partial charge >= 0.3 is 12.2 Å². The molecule has 0 unspecified atom stereocenters. The fraction of sp³-hybridized carbons (Fsp3) is 0.278. The van der Waals surface area contributed by atoms with Crippen LogP contribution >= 0.6 is 0 Å². The number of alkyl halides is 3. The molecule has 0 aliphatic carbocycles. The average molecular weight is 390 g/mol. The number of pyridine rings is 1. The molecule has 0 atom stereocenters. The summed E-state index contributed by atoms with van der Waals surface area (Å²) in [5.41, 5.74) is 0.716. The number of aromatic nitrogens is 3. The number of hydrogen-bond donors (Lipinski definition) is 2. The van der Waals surface area contributed by atoms with Crippen molar-refractivity contribution in [3.8, 4) is 0 Å². The molecule has 2 N–H and O–H groups in total. The molecule has 10 heteroatoms. The van der Waals surface area contributed by atoms with Crippen molar-refractivity contribution in [2.24, 2.45) is 0 Å². The zero-order chi connectivity index (χ0) is 19.7. The van der Waals surface area contributed by atoms with Crippen LogP contribution in [0.4, 0.5) is 29.5 Å². The minimum Gasteiger partial charge on any atom is -0.353 e. The summed E-state index contributed by atoms with van der Waals surface area (Å²) in [6.45, 7) is 1.87. The number of urea groups is 1. The Morgan fingerprint density at radius 1 is 1.07 bits per heavy atom. The highest BCUT2D eigenvalue weighted by Gasteiger charge is 2.31. The van der Waals surface area contributed by atoms with Gasteiger partial charge in [0, 0.05) is 43.4 Å². The van der Waals surface area contributed by atoms with Crippen LogP contribution in [-0.2, 0) is 6.18 Å². The van der Waals surface area contributed by atoms with Gasteiger partial charge in [0.25, 0.3) is 0 Å². The van der Waals surface area contributed by atoms with Gasteiger partial charge in [-0.1, -0.05) is 0 Å². The number of carbonyl (C=O) groups excluding carboxylic acids is 1. The quantitative estimate of drug-likeness (QED) is 0.704. The number of carbonyl (C=O) groups is 1. The first-order valence-electron chi connectivity index (χ1n) is 8.67. The number of hydrogen-bond acceptors (Lipinski definition) is 4. The molecule has 4 rings (SSSR count). The number of piperazine rings is 1. The van der Waals surface area contributed by atoms with E-state index in [2.05, 4.69) is 20.5 Å². The molecule has 2 aromatic heterocycles. The standard InChI is InChI=1S/C18H17F3N6O/c19-18(20,21)13-2-4-16(22-11-13)26-5-7-27(8-6-26)17(28)24-14-3-1-12-10-23-25-15(12)9-14/h1-4,9-11H,5-8H2,(H,23,25)(H,24,28). The second-order valence-corrected chi connectivity index (χ2v) is 6.48. The molecule has 1 aliphatic heterocycles. The molecule has 0 bridgehead atoms. The summed E-state index contributed by atoms with van der Waals surface area (Å²) >= 11 is 0. The van der Waals surface area contributed by atoms with E-state index in [4.69, 9.17) is 0 Å². The number of halogens is 3. The zero-order valence-electron chi connectivity index (χ0n) is 14.7. The third-order valence-corrected chi connectivity index (χ3v) is 4.66. The summed E-state index contributed by atoms with van der Waals surface area (Å²) in [6.07, 6.45) is -1.86. The first-order valence-corrected chi connectivity index (χ1v) is 8.67. The van der Waals surface area contributed by atoms with Crippen LogP contribution in [0.2, 0.25) is 0 Å². The molecule has 1 saturated heterocycles. The Kier molecular flexibility index (Phi) is 4.54. The fourth-order valence-electron chi connectivity index (χ4n) is 3.10. The lowest BCUT2D eigenvalue weighted by Crippen LogP contribution is -2.50. The van der Waals surface area contributed by atoms with Crippen LogP contribution in [-0.4, -0.2) is 52.3 Å². The maximum atomic E-state index is 12.6. The highest BCUT2D eigenvalue weighted by Crippen LogP contribution is 2.29. The smallest absolute Gasteiger partial charge is 0.353 e. The van der Waals surface area contributed by atoms with Gasteiger partial charge in [0.05, 0.1) is 17.3 Å². The number of anilines is 2. The third-order valence-electron chi connectivity index (χ3n) is 4.66. The molecule has 7 nitrogen and oxygen atoms in total.